The molecule has 0 spiro atoms. The molecule has 1 saturated heterocycles. The molecule has 98 valence electrons. The molecule has 1 aliphatic rings. The lowest BCUT2D eigenvalue weighted by atomic mass is 10.1. The van der Waals surface area contributed by atoms with E-state index in [1.807, 2.05) is 0 Å². The molecule has 0 aliphatic carbocycles. The molecule has 0 unspecified atom stereocenters. The van der Waals surface area contributed by atoms with E-state index in [1.54, 1.807) is 0 Å². The Hall–Kier alpha value is -1.09. The molecule has 0 radical (unpaired) electrons. The van der Waals surface area contributed by atoms with Crippen molar-refractivity contribution < 1.29 is 0 Å². The molecule has 1 aromatic rings. The highest BCUT2D eigenvalue weighted by Gasteiger charge is 2.11. The lowest BCUT2D eigenvalue weighted by Crippen LogP contribution is -2.41. The standard InChI is InChI=1S/C15H22N2S/c18-15(17-12-6-1-2-7-13-17)16-11-10-14-8-4-3-5-9-14/h3-5,8-9H,1-2,6-7,10-13H2,(H,16,18). The molecule has 1 heterocycles. The first-order chi connectivity index (χ1) is 8.86. The van der Waals surface area contributed by atoms with Crippen molar-refractivity contribution in [2.24, 2.45) is 0 Å². The third-order valence-corrected chi connectivity index (χ3v) is 3.83. The molecule has 0 amide bonds. The fraction of sp³-hybridized carbons (Fsp3) is 0.533. The Kier molecular flexibility index (Phi) is 5.46. The summed E-state index contributed by atoms with van der Waals surface area (Å²) in [7, 11) is 0. The van der Waals surface area contributed by atoms with E-state index in [0.717, 1.165) is 31.2 Å². The second kappa shape index (κ2) is 7.37. The van der Waals surface area contributed by atoms with Crippen molar-refractivity contribution in [2.45, 2.75) is 32.1 Å². The number of nitrogens with zero attached hydrogens (tertiary/aromatic N) is 1. The van der Waals surface area contributed by atoms with E-state index in [4.69, 9.17) is 12.2 Å². The zero-order valence-corrected chi connectivity index (χ0v) is 11.7. The van der Waals surface area contributed by atoms with Gasteiger partial charge in [-0.15, -0.1) is 0 Å². The zero-order chi connectivity index (χ0) is 12.6. The number of nitrogens with one attached hydrogen (secondary N) is 1. The highest BCUT2D eigenvalue weighted by atomic mass is 32.1. The van der Waals surface area contributed by atoms with E-state index < -0.39 is 0 Å². The minimum atomic E-state index is 0.930. The fourth-order valence-electron chi connectivity index (χ4n) is 2.34. The molecule has 0 aromatic heterocycles. The van der Waals surface area contributed by atoms with Crippen LogP contribution in [0.1, 0.15) is 31.2 Å². The van der Waals surface area contributed by atoms with Gasteiger partial charge in [0, 0.05) is 19.6 Å². The normalized spacial score (nSPS) is 16.1. The number of hydrogen-bond acceptors (Lipinski definition) is 1. The first-order valence-electron chi connectivity index (χ1n) is 6.93. The molecule has 1 fully saturated rings. The van der Waals surface area contributed by atoms with Crippen LogP contribution in [0.4, 0.5) is 0 Å². The van der Waals surface area contributed by atoms with E-state index in [-0.39, 0.29) is 0 Å². The third kappa shape index (κ3) is 4.30. The van der Waals surface area contributed by atoms with E-state index in [1.165, 1.54) is 31.2 Å². The van der Waals surface area contributed by atoms with E-state index >= 15 is 0 Å². The van der Waals surface area contributed by atoms with Crippen LogP contribution >= 0.6 is 12.2 Å². The van der Waals surface area contributed by atoms with Crippen molar-refractivity contribution in [1.29, 1.82) is 0 Å². The molecule has 0 saturated carbocycles. The third-order valence-electron chi connectivity index (χ3n) is 3.43. The average Bonchev–Trinajstić information content (AvgIpc) is 2.69. The van der Waals surface area contributed by atoms with Crippen molar-refractivity contribution >= 4 is 17.3 Å². The van der Waals surface area contributed by atoms with Crippen LogP contribution in [0.5, 0.6) is 0 Å². The second-order valence-corrected chi connectivity index (χ2v) is 5.26. The summed E-state index contributed by atoms with van der Waals surface area (Å²) in [6.45, 7) is 3.17. The lowest BCUT2D eigenvalue weighted by molar-refractivity contribution is 0.427. The Balaban J connectivity index is 1.71. The largest absolute Gasteiger partial charge is 0.362 e. The molecule has 0 bridgehead atoms. The van der Waals surface area contributed by atoms with E-state index in [2.05, 4.69) is 40.5 Å². The number of rotatable bonds is 3. The van der Waals surface area contributed by atoms with Gasteiger partial charge in [0.05, 0.1) is 0 Å². The number of benzene rings is 1. The number of thiocarbonyl (C=S) groups is 1. The quantitative estimate of drug-likeness (QED) is 0.843. The van der Waals surface area contributed by atoms with Gasteiger partial charge in [-0.05, 0) is 37.0 Å². The first-order valence-corrected chi connectivity index (χ1v) is 7.34. The van der Waals surface area contributed by atoms with Crippen LogP contribution < -0.4 is 5.32 Å². The topological polar surface area (TPSA) is 15.3 Å². The lowest BCUT2D eigenvalue weighted by Gasteiger charge is -2.23. The smallest absolute Gasteiger partial charge is 0.168 e. The predicted molar refractivity (Wildman–Crippen MR) is 80.8 cm³/mol. The zero-order valence-electron chi connectivity index (χ0n) is 10.9. The fourth-order valence-corrected chi connectivity index (χ4v) is 2.63. The molecule has 1 N–H and O–H groups in total. The van der Waals surface area contributed by atoms with Gasteiger partial charge in [0.25, 0.3) is 0 Å². The van der Waals surface area contributed by atoms with E-state index in [9.17, 15) is 0 Å². The van der Waals surface area contributed by atoms with Gasteiger partial charge < -0.3 is 10.2 Å². The van der Waals surface area contributed by atoms with Gasteiger partial charge in [-0.25, -0.2) is 0 Å². The molecule has 18 heavy (non-hydrogen) atoms. The van der Waals surface area contributed by atoms with Crippen LogP contribution in [0.15, 0.2) is 30.3 Å². The predicted octanol–water partition coefficient (Wildman–Crippen LogP) is 2.98. The Morgan fingerprint density at radius 2 is 1.72 bits per heavy atom. The van der Waals surface area contributed by atoms with Crippen molar-refractivity contribution in [3.8, 4) is 0 Å². The minimum Gasteiger partial charge on any atom is -0.362 e. The van der Waals surface area contributed by atoms with Crippen LogP contribution in [0.2, 0.25) is 0 Å². The molecule has 0 atom stereocenters. The van der Waals surface area contributed by atoms with Crippen LogP contribution in [0.25, 0.3) is 0 Å². The highest BCUT2D eigenvalue weighted by Crippen LogP contribution is 2.09. The van der Waals surface area contributed by atoms with Crippen molar-refractivity contribution in [3.05, 3.63) is 35.9 Å². The monoisotopic (exact) mass is 262 g/mol. The maximum atomic E-state index is 5.46. The Labute approximate surface area is 115 Å². The van der Waals surface area contributed by atoms with Gasteiger partial charge in [0.2, 0.25) is 0 Å². The Morgan fingerprint density at radius 3 is 2.39 bits per heavy atom. The maximum Gasteiger partial charge on any atom is 0.168 e. The summed E-state index contributed by atoms with van der Waals surface area (Å²) in [4.78, 5) is 2.33. The SMILES string of the molecule is S=C(NCCc1ccccc1)N1CCCCCC1. The molecule has 2 nitrogen and oxygen atoms in total. The molecule has 1 aromatic carbocycles. The van der Waals surface area contributed by atoms with Crippen molar-refractivity contribution in [1.82, 2.24) is 10.2 Å². The molecular formula is C15H22N2S. The molecule has 2 rings (SSSR count). The van der Waals surface area contributed by atoms with Gasteiger partial charge in [-0.3, -0.25) is 0 Å². The van der Waals surface area contributed by atoms with Crippen LogP contribution in [-0.4, -0.2) is 29.6 Å². The van der Waals surface area contributed by atoms with Crippen molar-refractivity contribution in [2.75, 3.05) is 19.6 Å². The molecule has 1 aliphatic heterocycles. The highest BCUT2D eigenvalue weighted by molar-refractivity contribution is 7.80. The average molecular weight is 262 g/mol. The summed E-state index contributed by atoms with van der Waals surface area (Å²) >= 11 is 5.46. The Bertz CT molecular complexity index is 356. The maximum absolute atomic E-state index is 5.46. The summed E-state index contributed by atoms with van der Waals surface area (Å²) < 4.78 is 0. The summed E-state index contributed by atoms with van der Waals surface area (Å²) in [6.07, 6.45) is 6.29. The summed E-state index contributed by atoms with van der Waals surface area (Å²) in [5.41, 5.74) is 1.36. The van der Waals surface area contributed by atoms with Crippen LogP contribution in [-0.2, 0) is 6.42 Å². The summed E-state index contributed by atoms with van der Waals surface area (Å²) in [5, 5.41) is 4.32. The first kappa shape index (κ1) is 13.3. The van der Waals surface area contributed by atoms with Gasteiger partial charge in [-0.2, -0.15) is 0 Å². The van der Waals surface area contributed by atoms with Gasteiger partial charge in [-0.1, -0.05) is 43.2 Å². The molecular weight excluding hydrogens is 240 g/mol. The van der Waals surface area contributed by atoms with Gasteiger partial charge in [0.1, 0.15) is 0 Å². The van der Waals surface area contributed by atoms with Crippen LogP contribution in [0, 0.1) is 0 Å². The second-order valence-electron chi connectivity index (χ2n) is 4.87. The van der Waals surface area contributed by atoms with Crippen LogP contribution in [0.3, 0.4) is 0 Å². The van der Waals surface area contributed by atoms with Gasteiger partial charge >= 0.3 is 0 Å². The van der Waals surface area contributed by atoms with E-state index in [0.29, 0.717) is 0 Å². The minimum absolute atomic E-state index is 0.930. The summed E-state index contributed by atoms with van der Waals surface area (Å²) in [5.74, 6) is 0. The van der Waals surface area contributed by atoms with Crippen molar-refractivity contribution in [3.63, 3.8) is 0 Å². The summed E-state index contributed by atoms with van der Waals surface area (Å²) in [6, 6.07) is 10.6. The van der Waals surface area contributed by atoms with Gasteiger partial charge in [0.15, 0.2) is 5.11 Å². The number of hydrogen-bond donors (Lipinski definition) is 1. The molecule has 3 heteroatoms. The number of likely N-dealkylation sites (tertiary alicyclic amines) is 1. The Morgan fingerprint density at radius 1 is 1.06 bits per heavy atom.